The Balaban J connectivity index is 2.16. The van der Waals surface area contributed by atoms with Crippen LogP contribution in [0.25, 0.3) is 6.08 Å². The summed E-state index contributed by atoms with van der Waals surface area (Å²) in [6.45, 7) is 3.71. The van der Waals surface area contributed by atoms with E-state index in [0.29, 0.717) is 5.56 Å². The number of hydrogen-bond donors (Lipinski definition) is 3. The van der Waals surface area contributed by atoms with E-state index in [-0.39, 0.29) is 23.1 Å². The van der Waals surface area contributed by atoms with Gasteiger partial charge in [-0.1, -0.05) is 6.07 Å². The van der Waals surface area contributed by atoms with E-state index in [1.54, 1.807) is 13.1 Å². The van der Waals surface area contributed by atoms with Crippen molar-refractivity contribution in [2.24, 2.45) is 0 Å². The van der Waals surface area contributed by atoms with Crippen LogP contribution in [0, 0.1) is 18.3 Å². The molecule has 0 aliphatic carbocycles. The Hall–Kier alpha value is -2.85. The van der Waals surface area contributed by atoms with E-state index in [2.05, 4.69) is 10.3 Å². The van der Waals surface area contributed by atoms with Gasteiger partial charge in [0.15, 0.2) is 11.5 Å². The third kappa shape index (κ3) is 4.08. The topological polar surface area (TPSA) is 106 Å². The molecule has 1 heterocycles. The van der Waals surface area contributed by atoms with E-state index < -0.39 is 5.91 Å². The number of carbonyl (C=O) groups excluding carboxylic acids is 1. The number of nitrogens with one attached hydrogen (secondary N) is 1. The number of aromatic nitrogens is 1. The first-order chi connectivity index (χ1) is 10.9. The third-order valence-electron chi connectivity index (χ3n) is 3.03. The van der Waals surface area contributed by atoms with Gasteiger partial charge < -0.3 is 15.5 Å². The van der Waals surface area contributed by atoms with E-state index in [9.17, 15) is 15.0 Å². The van der Waals surface area contributed by atoms with Crippen molar-refractivity contribution in [1.82, 2.24) is 10.3 Å². The predicted octanol–water partition coefficient (Wildman–Crippen LogP) is 2.65. The number of aryl methyl sites for hydroxylation is 1. The monoisotopic (exact) mass is 329 g/mol. The Kier molecular flexibility index (Phi) is 4.98. The average Bonchev–Trinajstić information content (AvgIpc) is 2.94. The van der Waals surface area contributed by atoms with E-state index in [0.717, 1.165) is 9.88 Å². The van der Waals surface area contributed by atoms with Crippen molar-refractivity contribution in [3.8, 4) is 17.6 Å². The lowest BCUT2D eigenvalue weighted by atomic mass is 10.1. The van der Waals surface area contributed by atoms with Crippen LogP contribution in [0.15, 0.2) is 30.0 Å². The first kappa shape index (κ1) is 16.5. The number of nitriles is 1. The second-order valence-electron chi connectivity index (χ2n) is 4.92. The van der Waals surface area contributed by atoms with E-state index in [4.69, 9.17) is 5.26 Å². The normalized spacial score (nSPS) is 12.5. The highest BCUT2D eigenvalue weighted by atomic mass is 32.1. The maximum Gasteiger partial charge on any atom is 0.262 e. The number of phenolic OH excluding ortho intramolecular Hbond substituents is 2. The van der Waals surface area contributed by atoms with E-state index in [1.807, 2.05) is 13.0 Å². The van der Waals surface area contributed by atoms with Gasteiger partial charge in [-0.05, 0) is 37.6 Å². The molecule has 2 aromatic rings. The molecule has 0 bridgehead atoms. The molecular formula is C16H15N3O3S. The van der Waals surface area contributed by atoms with Crippen molar-refractivity contribution in [3.63, 3.8) is 0 Å². The molecule has 1 aromatic heterocycles. The summed E-state index contributed by atoms with van der Waals surface area (Å²) in [7, 11) is 0. The van der Waals surface area contributed by atoms with Crippen LogP contribution in [-0.4, -0.2) is 21.1 Å². The molecule has 7 heteroatoms. The Morgan fingerprint density at radius 2 is 2.17 bits per heavy atom. The summed E-state index contributed by atoms with van der Waals surface area (Å²) < 4.78 is 0. The summed E-state index contributed by atoms with van der Waals surface area (Å²) in [6.07, 6.45) is 3.07. The van der Waals surface area contributed by atoms with Crippen molar-refractivity contribution >= 4 is 23.3 Å². The minimum absolute atomic E-state index is 0.102. The maximum atomic E-state index is 12.2. The molecule has 1 atom stereocenters. The highest BCUT2D eigenvalue weighted by Gasteiger charge is 2.16. The van der Waals surface area contributed by atoms with Gasteiger partial charge >= 0.3 is 0 Å². The fraction of sp³-hybridized carbons (Fsp3) is 0.188. The summed E-state index contributed by atoms with van der Waals surface area (Å²) in [5.74, 6) is -1.11. The van der Waals surface area contributed by atoms with Crippen LogP contribution in [0.3, 0.4) is 0 Å². The number of rotatable bonds is 4. The third-order valence-corrected chi connectivity index (χ3v) is 4.13. The molecule has 1 unspecified atom stereocenters. The molecule has 0 radical (unpaired) electrons. The number of amides is 1. The van der Waals surface area contributed by atoms with Gasteiger partial charge in [-0.15, -0.1) is 11.3 Å². The van der Waals surface area contributed by atoms with Gasteiger partial charge in [0.2, 0.25) is 0 Å². The summed E-state index contributed by atoms with van der Waals surface area (Å²) in [6, 6.07) is 5.57. The number of nitrogens with zero attached hydrogens (tertiary/aromatic N) is 2. The Bertz CT molecular complexity index is 805. The van der Waals surface area contributed by atoms with Gasteiger partial charge in [-0.3, -0.25) is 4.79 Å². The van der Waals surface area contributed by atoms with Gasteiger partial charge in [-0.2, -0.15) is 5.26 Å². The SMILES string of the molecule is Cc1cnc(C(C)NC(=O)/C(C#N)=C/c2ccc(O)c(O)c2)s1. The molecule has 1 aromatic carbocycles. The van der Waals surface area contributed by atoms with Gasteiger partial charge in [0.25, 0.3) is 5.91 Å². The minimum Gasteiger partial charge on any atom is -0.504 e. The number of hydrogen-bond acceptors (Lipinski definition) is 6. The van der Waals surface area contributed by atoms with Crippen LogP contribution < -0.4 is 5.32 Å². The van der Waals surface area contributed by atoms with Crippen LogP contribution >= 0.6 is 11.3 Å². The lowest BCUT2D eigenvalue weighted by Crippen LogP contribution is -2.27. The Labute approximate surface area is 137 Å². The zero-order chi connectivity index (χ0) is 17.0. The average molecular weight is 329 g/mol. The van der Waals surface area contributed by atoms with Crippen LogP contribution in [0.4, 0.5) is 0 Å². The lowest BCUT2D eigenvalue weighted by Gasteiger charge is -2.10. The molecule has 0 saturated carbocycles. The smallest absolute Gasteiger partial charge is 0.262 e. The molecule has 0 saturated heterocycles. The summed E-state index contributed by atoms with van der Waals surface area (Å²) >= 11 is 1.48. The largest absolute Gasteiger partial charge is 0.504 e. The summed E-state index contributed by atoms with van der Waals surface area (Å²) in [5.41, 5.74) is 0.333. The summed E-state index contributed by atoms with van der Waals surface area (Å²) in [4.78, 5) is 17.4. The molecule has 0 spiro atoms. The van der Waals surface area contributed by atoms with Gasteiger partial charge in [0.1, 0.15) is 16.6 Å². The standard InChI is InChI=1S/C16H15N3O3S/c1-9-8-18-16(23-9)10(2)19-15(22)12(7-17)5-11-3-4-13(20)14(21)6-11/h3-6,8,10,20-21H,1-2H3,(H,19,22)/b12-5+. The molecule has 0 aliphatic rings. The van der Waals surface area contributed by atoms with E-state index in [1.165, 1.54) is 35.6 Å². The van der Waals surface area contributed by atoms with Crippen molar-refractivity contribution in [2.45, 2.75) is 19.9 Å². The molecule has 0 fully saturated rings. The molecule has 23 heavy (non-hydrogen) atoms. The van der Waals surface area contributed by atoms with Crippen molar-refractivity contribution in [3.05, 3.63) is 45.4 Å². The van der Waals surface area contributed by atoms with Crippen LogP contribution in [-0.2, 0) is 4.79 Å². The molecule has 3 N–H and O–H groups in total. The molecular weight excluding hydrogens is 314 g/mol. The second kappa shape index (κ2) is 6.94. The van der Waals surface area contributed by atoms with Gasteiger partial charge in [0.05, 0.1) is 6.04 Å². The van der Waals surface area contributed by atoms with Crippen LogP contribution in [0.2, 0.25) is 0 Å². The summed E-state index contributed by atoms with van der Waals surface area (Å²) in [5, 5.41) is 31.4. The lowest BCUT2D eigenvalue weighted by molar-refractivity contribution is -0.117. The van der Waals surface area contributed by atoms with Gasteiger partial charge in [-0.25, -0.2) is 4.98 Å². The zero-order valence-electron chi connectivity index (χ0n) is 12.6. The van der Waals surface area contributed by atoms with Crippen LogP contribution in [0.1, 0.15) is 28.4 Å². The highest BCUT2D eigenvalue weighted by Crippen LogP contribution is 2.26. The quantitative estimate of drug-likeness (QED) is 0.454. The zero-order valence-corrected chi connectivity index (χ0v) is 13.4. The number of phenols is 2. The Morgan fingerprint density at radius 3 is 2.74 bits per heavy atom. The van der Waals surface area contributed by atoms with Gasteiger partial charge in [0, 0.05) is 11.1 Å². The Morgan fingerprint density at radius 1 is 1.43 bits per heavy atom. The van der Waals surface area contributed by atoms with Crippen molar-refractivity contribution < 1.29 is 15.0 Å². The van der Waals surface area contributed by atoms with Crippen molar-refractivity contribution in [1.29, 1.82) is 5.26 Å². The predicted molar refractivity (Wildman–Crippen MR) is 86.8 cm³/mol. The highest BCUT2D eigenvalue weighted by molar-refractivity contribution is 7.11. The molecule has 6 nitrogen and oxygen atoms in total. The van der Waals surface area contributed by atoms with Crippen molar-refractivity contribution in [2.75, 3.05) is 0 Å². The molecule has 1 amide bonds. The number of benzene rings is 1. The number of aromatic hydroxyl groups is 2. The first-order valence-corrected chi connectivity index (χ1v) is 7.59. The molecule has 2 rings (SSSR count). The number of carbonyl (C=O) groups is 1. The molecule has 0 aliphatic heterocycles. The van der Waals surface area contributed by atoms with Crippen LogP contribution in [0.5, 0.6) is 11.5 Å². The molecule has 118 valence electrons. The van der Waals surface area contributed by atoms with E-state index >= 15 is 0 Å². The maximum absolute atomic E-state index is 12.2. The number of thiazole rings is 1. The minimum atomic E-state index is -0.527. The fourth-order valence-electron chi connectivity index (χ4n) is 1.85. The second-order valence-corrected chi connectivity index (χ2v) is 6.19. The first-order valence-electron chi connectivity index (χ1n) is 6.77. The fourth-order valence-corrected chi connectivity index (χ4v) is 2.63.